The van der Waals surface area contributed by atoms with Gasteiger partial charge in [-0.3, -0.25) is 4.57 Å². The van der Waals surface area contributed by atoms with Gasteiger partial charge in [-0.1, -0.05) is 18.2 Å². The van der Waals surface area contributed by atoms with Crippen LogP contribution in [0.2, 0.25) is 0 Å². The summed E-state index contributed by atoms with van der Waals surface area (Å²) in [4.78, 5) is 17.2. The second-order valence-corrected chi connectivity index (χ2v) is 3.48. The first-order valence-corrected chi connectivity index (χ1v) is 4.33. The minimum atomic E-state index is -4.02. The fourth-order valence-electron chi connectivity index (χ4n) is 0.622. The summed E-state index contributed by atoms with van der Waals surface area (Å²) in [5, 5.41) is 0.0648. The number of benzene rings is 1. The van der Waals surface area contributed by atoms with Crippen molar-refractivity contribution in [3.8, 4) is 0 Å². The van der Waals surface area contributed by atoms with Crippen molar-refractivity contribution in [1.82, 2.24) is 0 Å². The Morgan fingerprint density at radius 3 is 1.82 bits per heavy atom. The smallest absolute Gasteiger partial charge is 0.321 e. The van der Waals surface area contributed by atoms with Gasteiger partial charge in [-0.25, -0.2) is 0 Å². The molecule has 0 bridgehead atoms. The van der Waals surface area contributed by atoms with Crippen molar-refractivity contribution in [3.63, 3.8) is 0 Å². The first-order valence-electron chi connectivity index (χ1n) is 2.72. The van der Waals surface area contributed by atoms with E-state index in [4.69, 9.17) is 9.79 Å². The van der Waals surface area contributed by atoms with Crippen LogP contribution in [0.15, 0.2) is 30.3 Å². The maximum atomic E-state index is 10.5. The Morgan fingerprint density at radius 2 is 1.55 bits per heavy atom. The third-order valence-electron chi connectivity index (χ3n) is 1.09. The summed E-state index contributed by atoms with van der Waals surface area (Å²) in [6.07, 6.45) is 0. The van der Waals surface area contributed by atoms with Crippen molar-refractivity contribution in [2.24, 2.45) is 0 Å². The molecule has 0 unspecified atom stereocenters. The van der Waals surface area contributed by atoms with Gasteiger partial charge in [0, 0.05) is 40.8 Å². The average molecular weight is 302 g/mol. The third kappa shape index (κ3) is 3.76. The van der Waals surface area contributed by atoms with Crippen LogP contribution in [0.25, 0.3) is 0 Å². The second kappa shape index (κ2) is 4.67. The Bertz CT molecular complexity index is 256. The Morgan fingerprint density at radius 1 is 1.09 bits per heavy atom. The predicted octanol–water partition coefficient (Wildman–Crippen LogP) is 0.490. The number of hydrogen-bond donors (Lipinski definition) is 2. The molecule has 0 saturated carbocycles. The predicted molar refractivity (Wildman–Crippen MR) is 38.1 cm³/mol. The van der Waals surface area contributed by atoms with E-state index < -0.39 is 7.60 Å². The van der Waals surface area contributed by atoms with Crippen molar-refractivity contribution < 1.29 is 55.2 Å². The van der Waals surface area contributed by atoms with Gasteiger partial charge >= 0.3 is 7.60 Å². The Balaban J connectivity index is 0.000001000. The fourth-order valence-corrected chi connectivity index (χ4v) is 1.18. The van der Waals surface area contributed by atoms with Crippen LogP contribution in [-0.2, 0) is 4.57 Å². The topological polar surface area (TPSA) is 57.5 Å². The van der Waals surface area contributed by atoms with Gasteiger partial charge in [-0.15, -0.1) is 0 Å². The fraction of sp³-hybridized carbons (Fsp3) is 0. The van der Waals surface area contributed by atoms with Crippen molar-refractivity contribution in [3.05, 3.63) is 30.3 Å². The van der Waals surface area contributed by atoms with Crippen molar-refractivity contribution in [2.45, 2.75) is 0 Å². The maximum absolute atomic E-state index is 10.5. The van der Waals surface area contributed by atoms with E-state index in [0.29, 0.717) is 0 Å². The molecule has 3 nitrogen and oxygen atoms in total. The van der Waals surface area contributed by atoms with E-state index in [0.717, 1.165) is 0 Å². The molecule has 1 rings (SSSR count). The summed E-state index contributed by atoms with van der Waals surface area (Å²) < 4.78 is 10.5. The van der Waals surface area contributed by atoms with E-state index in [1.807, 2.05) is 0 Å². The Labute approximate surface area is 97.5 Å². The van der Waals surface area contributed by atoms with Crippen LogP contribution in [0.4, 0.5) is 0 Å². The molecule has 0 amide bonds. The monoisotopic (exact) mass is 300 g/mol. The minimum Gasteiger partial charge on any atom is -0.321 e. The summed E-state index contributed by atoms with van der Waals surface area (Å²) in [6, 6.07) is 7.70. The molecule has 1 aromatic carbocycles. The zero-order chi connectivity index (χ0) is 7.61. The van der Waals surface area contributed by atoms with Gasteiger partial charge < -0.3 is 9.79 Å². The molecule has 0 aliphatic heterocycles. The molecule has 0 radical (unpaired) electrons. The van der Waals surface area contributed by atoms with Gasteiger partial charge in [0.2, 0.25) is 0 Å². The largest absolute Gasteiger partial charge is 0.356 e. The molecule has 0 fully saturated rings. The maximum Gasteiger partial charge on any atom is 0.356 e. The summed E-state index contributed by atoms with van der Waals surface area (Å²) >= 11 is 0. The van der Waals surface area contributed by atoms with Gasteiger partial charge in [0.25, 0.3) is 0 Å². The van der Waals surface area contributed by atoms with Crippen LogP contribution in [0, 0.1) is 40.8 Å². The van der Waals surface area contributed by atoms with E-state index in [-0.39, 0.29) is 46.1 Å². The summed E-state index contributed by atoms with van der Waals surface area (Å²) in [7, 11) is -4.02. The molecule has 1 aromatic rings. The van der Waals surface area contributed by atoms with Crippen LogP contribution in [0.5, 0.6) is 0 Å². The number of hydrogen-bond acceptors (Lipinski definition) is 1. The summed E-state index contributed by atoms with van der Waals surface area (Å²) in [5.74, 6) is 0. The number of rotatable bonds is 1. The average Bonchev–Trinajstić information content (AvgIpc) is 1.88. The van der Waals surface area contributed by atoms with Gasteiger partial charge in [0.1, 0.15) is 0 Å². The molecule has 0 aliphatic rings. The molecule has 2 N–H and O–H groups in total. The van der Waals surface area contributed by atoms with E-state index in [2.05, 4.69) is 0 Å². The molecule has 0 aromatic heterocycles. The third-order valence-corrected chi connectivity index (χ3v) is 2.06. The van der Waals surface area contributed by atoms with Gasteiger partial charge in [0.05, 0.1) is 5.30 Å². The normalized spacial score (nSPS) is 10.4. The van der Waals surface area contributed by atoms with Gasteiger partial charge in [-0.05, 0) is 12.1 Å². The SMILES string of the molecule is O=P(O)(O)c1ccccc1.[Nd]. The Hall–Kier alpha value is 0.721. The zero-order valence-electron chi connectivity index (χ0n) is 5.64. The van der Waals surface area contributed by atoms with Crippen molar-refractivity contribution >= 4 is 12.9 Å². The van der Waals surface area contributed by atoms with E-state index in [9.17, 15) is 4.57 Å². The van der Waals surface area contributed by atoms with Crippen molar-refractivity contribution in [1.29, 1.82) is 0 Å². The van der Waals surface area contributed by atoms with Crippen molar-refractivity contribution in [2.75, 3.05) is 0 Å². The standard InChI is InChI=1S/C6H7O3P.Nd/c7-10(8,9)6-4-2-1-3-5-6;/h1-5H,(H2,7,8,9);. The molecule has 11 heavy (non-hydrogen) atoms. The molecule has 0 atom stereocenters. The quantitative estimate of drug-likeness (QED) is 0.742. The molecule has 0 spiro atoms. The molecule has 0 saturated heterocycles. The van der Waals surface area contributed by atoms with E-state index in [1.54, 1.807) is 18.2 Å². The van der Waals surface area contributed by atoms with Gasteiger partial charge in [0.15, 0.2) is 0 Å². The Kier molecular flexibility index (Phi) is 4.98. The zero-order valence-corrected chi connectivity index (χ0v) is 9.74. The van der Waals surface area contributed by atoms with Gasteiger partial charge in [-0.2, -0.15) is 0 Å². The molecular formula is C6H7NdO3P. The molecule has 58 valence electrons. The molecule has 0 heterocycles. The molecular weight excluding hydrogens is 295 g/mol. The van der Waals surface area contributed by atoms with Crippen LogP contribution >= 0.6 is 7.60 Å². The van der Waals surface area contributed by atoms with E-state index >= 15 is 0 Å². The molecule has 5 heteroatoms. The van der Waals surface area contributed by atoms with Crippen LogP contribution in [0.1, 0.15) is 0 Å². The van der Waals surface area contributed by atoms with Crippen LogP contribution in [-0.4, -0.2) is 9.79 Å². The van der Waals surface area contributed by atoms with Crippen LogP contribution < -0.4 is 5.30 Å². The summed E-state index contributed by atoms with van der Waals surface area (Å²) in [6.45, 7) is 0. The first kappa shape index (κ1) is 11.7. The van der Waals surface area contributed by atoms with E-state index in [1.165, 1.54) is 12.1 Å². The summed E-state index contributed by atoms with van der Waals surface area (Å²) in [5.41, 5.74) is 0. The first-order chi connectivity index (χ1) is 4.61. The minimum absolute atomic E-state index is 0. The second-order valence-electron chi connectivity index (χ2n) is 1.88. The van der Waals surface area contributed by atoms with Crippen LogP contribution in [0.3, 0.4) is 0 Å². The molecule has 0 aliphatic carbocycles.